The largest absolute Gasteiger partial charge is 0.379 e. The SMILES string of the molecule is C=C1C=CC(=O)N1CCC(=O)CCCCOCCOCCOCCOCCOCCOCCOCCOCCOCCOCCOCCCCC(=O)CCCCC1SCC2NC(N)=NC21. The minimum absolute atomic E-state index is 0.111. The van der Waals surface area contributed by atoms with E-state index in [-0.39, 0.29) is 11.7 Å². The molecule has 0 aromatic heterocycles. The van der Waals surface area contributed by atoms with E-state index in [4.69, 9.17) is 57.8 Å². The number of hydrogen-bond donors (Lipinski definition) is 2. The maximum Gasteiger partial charge on any atom is 0.251 e. The number of allylic oxidation sites excluding steroid dienone is 1. The highest BCUT2D eigenvalue weighted by Crippen LogP contribution is 2.35. The number of carbonyl (C=O) groups is 3. The molecule has 1 saturated heterocycles. The van der Waals surface area contributed by atoms with Crippen molar-refractivity contribution in [1.82, 2.24) is 10.2 Å². The zero-order valence-electron chi connectivity index (χ0n) is 38.9. The molecule has 3 rings (SSSR count). The monoisotopic (exact) mass is 945 g/mol. The topological polar surface area (TPSA) is 206 Å². The van der Waals surface area contributed by atoms with E-state index in [0.29, 0.717) is 212 Å². The van der Waals surface area contributed by atoms with E-state index in [2.05, 4.69) is 16.9 Å². The van der Waals surface area contributed by atoms with Gasteiger partial charge in [0, 0.05) is 68.2 Å². The van der Waals surface area contributed by atoms with Gasteiger partial charge in [0.25, 0.3) is 5.91 Å². The molecule has 1 fully saturated rings. The number of nitrogens with two attached hydrogens (primary N) is 1. The Morgan fingerprint density at radius 1 is 0.569 bits per heavy atom. The standard InChI is InChI=1S/C46H80N4O14S/c1-39-12-13-44(53)50(39)15-14-41(52)10-5-7-17-55-19-21-57-23-25-59-27-29-61-31-33-63-35-37-64-36-34-62-32-30-60-28-26-58-24-22-56-20-18-54-16-6-4-9-40(51)8-2-3-11-43-45-42(38-65-43)48-46(47)49-45/h12-13,42-43,45H,1-11,14-38H2,(H3,47,48,49). The quantitative estimate of drug-likeness (QED) is 0.0840. The van der Waals surface area contributed by atoms with Gasteiger partial charge in [-0.1, -0.05) is 13.0 Å². The highest BCUT2D eigenvalue weighted by Gasteiger charge is 2.40. The van der Waals surface area contributed by atoms with Crippen molar-refractivity contribution in [3.8, 4) is 0 Å². The number of guanidine groups is 1. The summed E-state index contributed by atoms with van der Waals surface area (Å²) in [6, 6.07) is 0.691. The van der Waals surface area contributed by atoms with E-state index >= 15 is 0 Å². The normalized spacial score (nSPS) is 17.9. The first-order valence-corrected chi connectivity index (χ1v) is 24.8. The molecule has 0 aromatic rings. The van der Waals surface area contributed by atoms with Crippen LogP contribution in [0.5, 0.6) is 0 Å². The third kappa shape index (κ3) is 29.8. The van der Waals surface area contributed by atoms with Gasteiger partial charge in [0.1, 0.15) is 11.6 Å². The van der Waals surface area contributed by atoms with Crippen LogP contribution in [0.2, 0.25) is 0 Å². The lowest BCUT2D eigenvalue weighted by atomic mass is 10.0. The first-order valence-electron chi connectivity index (χ1n) is 23.7. The van der Waals surface area contributed by atoms with Gasteiger partial charge in [-0.15, -0.1) is 0 Å². The molecule has 0 bridgehead atoms. The van der Waals surface area contributed by atoms with Crippen LogP contribution in [0.4, 0.5) is 0 Å². The van der Waals surface area contributed by atoms with Crippen molar-refractivity contribution in [1.29, 1.82) is 0 Å². The van der Waals surface area contributed by atoms with Gasteiger partial charge in [0.2, 0.25) is 0 Å². The lowest BCUT2D eigenvalue weighted by molar-refractivity contribution is -0.124. The second-order valence-electron chi connectivity index (χ2n) is 15.7. The number of ether oxygens (including phenoxy) is 11. The lowest BCUT2D eigenvalue weighted by Gasteiger charge is -2.16. The number of nitrogens with zero attached hydrogens (tertiary/aromatic N) is 2. The van der Waals surface area contributed by atoms with E-state index in [1.54, 1.807) is 6.08 Å². The Morgan fingerprint density at radius 2 is 0.938 bits per heavy atom. The highest BCUT2D eigenvalue weighted by atomic mass is 32.2. The summed E-state index contributed by atoms with van der Waals surface area (Å²) in [6.07, 6.45) is 11.7. The molecule has 0 aromatic carbocycles. The van der Waals surface area contributed by atoms with Crippen molar-refractivity contribution in [2.24, 2.45) is 10.7 Å². The molecule has 18 nitrogen and oxygen atoms in total. The molecule has 374 valence electrons. The van der Waals surface area contributed by atoms with Gasteiger partial charge in [-0.2, -0.15) is 11.8 Å². The summed E-state index contributed by atoms with van der Waals surface area (Å²) >= 11 is 1.97. The number of Topliss-reactive ketones (excluding diaryl/α,β-unsaturated/α-hetero) is 2. The van der Waals surface area contributed by atoms with Crippen LogP contribution in [0.3, 0.4) is 0 Å². The zero-order valence-corrected chi connectivity index (χ0v) is 39.8. The van der Waals surface area contributed by atoms with Gasteiger partial charge in [-0.25, -0.2) is 4.99 Å². The fourth-order valence-electron chi connectivity index (χ4n) is 6.88. The summed E-state index contributed by atoms with van der Waals surface area (Å²) in [6.45, 7) is 15.3. The molecule has 0 radical (unpaired) electrons. The second kappa shape index (κ2) is 39.5. The number of thioether (sulfide) groups is 1. The van der Waals surface area contributed by atoms with E-state index < -0.39 is 0 Å². The van der Waals surface area contributed by atoms with E-state index in [1.807, 2.05) is 11.8 Å². The number of ketones is 2. The molecule has 0 aliphatic carbocycles. The lowest BCUT2D eigenvalue weighted by Crippen LogP contribution is -2.38. The minimum Gasteiger partial charge on any atom is -0.379 e. The van der Waals surface area contributed by atoms with Crippen molar-refractivity contribution in [2.45, 2.75) is 88.0 Å². The molecule has 3 unspecified atom stereocenters. The average molecular weight is 945 g/mol. The van der Waals surface area contributed by atoms with Crippen molar-refractivity contribution in [2.75, 3.05) is 158 Å². The van der Waals surface area contributed by atoms with E-state index in [1.165, 1.54) is 11.0 Å². The van der Waals surface area contributed by atoms with Crippen LogP contribution in [0.15, 0.2) is 29.4 Å². The molecule has 3 atom stereocenters. The number of hydrogen-bond acceptors (Lipinski definition) is 18. The fourth-order valence-corrected chi connectivity index (χ4v) is 8.39. The Kier molecular flexibility index (Phi) is 34.5. The van der Waals surface area contributed by atoms with Crippen molar-refractivity contribution >= 4 is 35.2 Å². The van der Waals surface area contributed by atoms with Crippen molar-refractivity contribution in [3.63, 3.8) is 0 Å². The Morgan fingerprint density at radius 3 is 1.32 bits per heavy atom. The number of nitrogens with one attached hydrogen (secondary N) is 1. The van der Waals surface area contributed by atoms with Gasteiger partial charge in [-0.05, 0) is 44.6 Å². The van der Waals surface area contributed by atoms with E-state index in [9.17, 15) is 14.4 Å². The molecule has 19 heteroatoms. The molecule has 0 spiro atoms. The number of carbonyl (C=O) groups excluding carboxylic acids is 3. The van der Waals surface area contributed by atoms with Crippen molar-refractivity contribution < 1.29 is 66.5 Å². The van der Waals surface area contributed by atoms with Gasteiger partial charge in [0.05, 0.1) is 144 Å². The van der Waals surface area contributed by atoms with E-state index in [0.717, 1.165) is 50.7 Å². The van der Waals surface area contributed by atoms with Crippen LogP contribution in [0.25, 0.3) is 0 Å². The zero-order chi connectivity index (χ0) is 46.3. The van der Waals surface area contributed by atoms with Crippen LogP contribution in [0, 0.1) is 0 Å². The molecular weight excluding hydrogens is 865 g/mol. The molecule has 1 amide bonds. The Labute approximate surface area is 391 Å². The summed E-state index contributed by atoms with van der Waals surface area (Å²) in [7, 11) is 0. The Hall–Kier alpha value is -2.53. The number of rotatable bonds is 48. The van der Waals surface area contributed by atoms with Crippen LogP contribution in [-0.2, 0) is 66.5 Å². The van der Waals surface area contributed by atoms with Gasteiger partial charge >= 0.3 is 0 Å². The Balaban J connectivity index is 0.881. The van der Waals surface area contributed by atoms with Gasteiger partial charge in [0.15, 0.2) is 5.96 Å². The third-order valence-electron chi connectivity index (χ3n) is 10.5. The van der Waals surface area contributed by atoms with Crippen LogP contribution < -0.4 is 11.1 Å². The predicted molar refractivity (Wildman–Crippen MR) is 248 cm³/mol. The van der Waals surface area contributed by atoms with Crippen LogP contribution in [0.1, 0.15) is 70.6 Å². The number of amides is 1. The summed E-state index contributed by atoms with van der Waals surface area (Å²) < 4.78 is 60.8. The number of unbranched alkanes of at least 4 members (excludes halogenated alkanes) is 3. The summed E-state index contributed by atoms with van der Waals surface area (Å²) in [5.41, 5.74) is 6.45. The Bertz CT molecular complexity index is 1310. The molecular formula is C46H80N4O14S. The van der Waals surface area contributed by atoms with Gasteiger partial charge in [-0.3, -0.25) is 14.4 Å². The maximum atomic E-state index is 12.2. The third-order valence-corrected chi connectivity index (χ3v) is 11.9. The van der Waals surface area contributed by atoms with Crippen LogP contribution >= 0.6 is 11.8 Å². The summed E-state index contributed by atoms with van der Waals surface area (Å²) in [5, 5.41) is 3.77. The van der Waals surface area contributed by atoms with Crippen molar-refractivity contribution in [3.05, 3.63) is 24.4 Å². The van der Waals surface area contributed by atoms with Gasteiger partial charge < -0.3 is 68.1 Å². The smallest absolute Gasteiger partial charge is 0.251 e. The minimum atomic E-state index is -0.111. The second-order valence-corrected chi connectivity index (χ2v) is 16.9. The molecule has 65 heavy (non-hydrogen) atoms. The highest BCUT2D eigenvalue weighted by molar-refractivity contribution is 8.00. The maximum absolute atomic E-state index is 12.2. The average Bonchev–Trinajstić information content (AvgIpc) is 3.97. The fraction of sp³-hybridized carbons (Fsp3) is 0.826. The molecule has 3 N–H and O–H groups in total. The molecule has 3 heterocycles. The number of fused-ring (bicyclic) bond motifs is 1. The van der Waals surface area contributed by atoms with Crippen LogP contribution in [-0.4, -0.2) is 203 Å². The first kappa shape index (κ1) is 56.8. The number of aliphatic imine (C=N–C) groups is 1. The first-order chi connectivity index (χ1) is 31.9. The predicted octanol–water partition coefficient (Wildman–Crippen LogP) is 3.28. The molecule has 3 aliphatic heterocycles. The molecule has 0 saturated carbocycles. The molecule has 3 aliphatic rings. The summed E-state index contributed by atoms with van der Waals surface area (Å²) in [5.74, 6) is 2.02. The summed E-state index contributed by atoms with van der Waals surface area (Å²) in [4.78, 5) is 42.0.